The zero-order valence-corrected chi connectivity index (χ0v) is 12.3. The van der Waals surface area contributed by atoms with E-state index in [4.69, 9.17) is 16.7 Å². The molecule has 0 atom stereocenters. The second-order valence-electron chi connectivity index (χ2n) is 4.91. The first-order valence-corrected chi connectivity index (χ1v) is 7.76. The lowest BCUT2D eigenvalue weighted by molar-refractivity contribution is -0.385. The minimum absolute atomic E-state index is 0.0133. The van der Waals surface area contributed by atoms with Crippen LogP contribution in [-0.4, -0.2) is 18.3 Å². The van der Waals surface area contributed by atoms with Crippen molar-refractivity contribution in [3.05, 3.63) is 45.0 Å². The Labute approximate surface area is 130 Å². The van der Waals surface area contributed by atoms with E-state index in [2.05, 4.69) is 4.98 Å². The number of hydrogen-bond donors (Lipinski definition) is 2. The number of fused-ring (bicyclic) bond motifs is 2. The van der Waals surface area contributed by atoms with Crippen molar-refractivity contribution in [3.63, 3.8) is 0 Å². The molecule has 1 aromatic heterocycles. The number of nitrogens with two attached hydrogens (primary N) is 2. The van der Waals surface area contributed by atoms with Gasteiger partial charge in [0.2, 0.25) is 9.84 Å². The Balaban J connectivity index is 2.34. The lowest BCUT2D eigenvalue weighted by atomic mass is 10.0. The van der Waals surface area contributed by atoms with Gasteiger partial charge in [0.05, 0.1) is 15.5 Å². The van der Waals surface area contributed by atoms with Crippen LogP contribution in [0.3, 0.4) is 0 Å². The highest BCUT2D eigenvalue weighted by Crippen LogP contribution is 2.39. The molecule has 1 aliphatic rings. The molecule has 9 nitrogen and oxygen atoms in total. The third-order valence-electron chi connectivity index (χ3n) is 3.61. The number of nitro benzene ring substituents is 1. The summed E-state index contributed by atoms with van der Waals surface area (Å²) in [7, 11) is -4.02. The molecule has 0 saturated carbocycles. The molecule has 0 unspecified atom stereocenters. The largest absolute Gasteiger partial charge is 0.397 e. The van der Waals surface area contributed by atoms with Crippen LogP contribution in [0.4, 0.5) is 17.2 Å². The number of rotatable bonds is 1. The lowest BCUT2D eigenvalue weighted by Crippen LogP contribution is -2.20. The van der Waals surface area contributed by atoms with Crippen molar-refractivity contribution in [3.8, 4) is 6.07 Å². The highest BCUT2D eigenvalue weighted by atomic mass is 32.2. The number of nitro groups is 1. The maximum Gasteiger partial charge on any atom is 0.269 e. The van der Waals surface area contributed by atoms with Crippen molar-refractivity contribution in [1.82, 2.24) is 4.98 Å². The van der Waals surface area contributed by atoms with Gasteiger partial charge in [-0.05, 0) is 11.6 Å². The molecule has 0 fully saturated rings. The number of benzene rings is 1. The van der Waals surface area contributed by atoms with Crippen LogP contribution in [0.15, 0.2) is 28.1 Å². The van der Waals surface area contributed by atoms with Gasteiger partial charge in [0.1, 0.15) is 17.5 Å². The van der Waals surface area contributed by atoms with Gasteiger partial charge in [-0.15, -0.1) is 0 Å². The van der Waals surface area contributed by atoms with Gasteiger partial charge in [0, 0.05) is 24.1 Å². The predicted octanol–water partition coefficient (Wildman–Crippen LogP) is 0.763. The lowest BCUT2D eigenvalue weighted by Gasteiger charge is -2.21. The van der Waals surface area contributed by atoms with Gasteiger partial charge in [0.25, 0.3) is 5.69 Å². The molecule has 3 rings (SSSR count). The predicted molar refractivity (Wildman–Crippen MR) is 79.1 cm³/mol. The number of non-ortho nitro benzene ring substituents is 1. The molecule has 10 heteroatoms. The molecule has 23 heavy (non-hydrogen) atoms. The molecule has 0 bridgehead atoms. The summed E-state index contributed by atoms with van der Waals surface area (Å²) in [6, 6.07) is 5.23. The molecule has 4 N–H and O–H groups in total. The van der Waals surface area contributed by atoms with E-state index in [0.717, 1.165) is 12.1 Å². The molecular weight excluding hydrogens is 322 g/mol. The van der Waals surface area contributed by atoms with Crippen LogP contribution in [-0.2, 0) is 16.3 Å². The minimum atomic E-state index is -4.02. The fourth-order valence-electron chi connectivity index (χ4n) is 2.52. The number of anilines is 2. The third kappa shape index (κ3) is 1.98. The van der Waals surface area contributed by atoms with Crippen LogP contribution in [0.2, 0.25) is 0 Å². The Hall–Kier alpha value is -3.19. The van der Waals surface area contributed by atoms with Gasteiger partial charge in [-0.25, -0.2) is 13.4 Å². The molecule has 0 radical (unpaired) electrons. The summed E-state index contributed by atoms with van der Waals surface area (Å²) in [5, 5.41) is 19.6. The van der Waals surface area contributed by atoms with E-state index < -0.39 is 14.8 Å². The average Bonchev–Trinajstić information content (AvgIpc) is 2.49. The molecule has 116 valence electrons. The Morgan fingerprint density at radius 2 is 2.04 bits per heavy atom. The molecular formula is C13H9N5O4S. The number of nitrogens with zero attached hydrogens (tertiary/aromatic N) is 3. The Morgan fingerprint density at radius 3 is 2.65 bits per heavy atom. The van der Waals surface area contributed by atoms with Crippen molar-refractivity contribution in [2.75, 3.05) is 11.5 Å². The van der Waals surface area contributed by atoms with E-state index in [0.29, 0.717) is 0 Å². The summed E-state index contributed by atoms with van der Waals surface area (Å²) in [5.74, 6) is -0.266. The summed E-state index contributed by atoms with van der Waals surface area (Å²) in [4.78, 5) is 14.0. The van der Waals surface area contributed by atoms with Crippen molar-refractivity contribution in [2.45, 2.75) is 16.3 Å². The molecule has 1 aliphatic heterocycles. The number of nitrogen functional groups attached to an aromatic ring is 2. The number of sulfone groups is 1. The summed E-state index contributed by atoms with van der Waals surface area (Å²) >= 11 is 0. The molecule has 0 aliphatic carbocycles. The van der Waals surface area contributed by atoms with Crippen molar-refractivity contribution < 1.29 is 13.3 Å². The van der Waals surface area contributed by atoms with Gasteiger partial charge in [-0.2, -0.15) is 5.26 Å². The van der Waals surface area contributed by atoms with Crippen LogP contribution in [0.5, 0.6) is 0 Å². The number of hydrogen-bond acceptors (Lipinski definition) is 8. The van der Waals surface area contributed by atoms with Gasteiger partial charge in [-0.3, -0.25) is 10.1 Å². The quantitative estimate of drug-likeness (QED) is 0.487. The number of nitriles is 1. The molecule has 1 aromatic carbocycles. The van der Waals surface area contributed by atoms with E-state index >= 15 is 0 Å². The number of pyridine rings is 1. The summed E-state index contributed by atoms with van der Waals surface area (Å²) < 4.78 is 25.3. The van der Waals surface area contributed by atoms with E-state index in [-0.39, 0.29) is 50.2 Å². The first-order valence-electron chi connectivity index (χ1n) is 6.27. The van der Waals surface area contributed by atoms with E-state index in [1.165, 1.54) is 6.07 Å². The van der Waals surface area contributed by atoms with Crippen LogP contribution >= 0.6 is 0 Å². The van der Waals surface area contributed by atoms with Gasteiger partial charge in [0.15, 0.2) is 5.03 Å². The minimum Gasteiger partial charge on any atom is -0.397 e. The monoisotopic (exact) mass is 331 g/mol. The summed E-state index contributed by atoms with van der Waals surface area (Å²) in [6.07, 6.45) is 0.0133. The van der Waals surface area contributed by atoms with Crippen molar-refractivity contribution >= 4 is 27.0 Å². The van der Waals surface area contributed by atoms with Crippen molar-refractivity contribution in [2.24, 2.45) is 0 Å². The highest BCUT2D eigenvalue weighted by Gasteiger charge is 2.35. The van der Waals surface area contributed by atoms with E-state index in [1.54, 1.807) is 6.07 Å². The smallest absolute Gasteiger partial charge is 0.269 e. The maximum absolute atomic E-state index is 12.7. The zero-order chi connectivity index (χ0) is 16.9. The number of aromatic nitrogens is 1. The summed E-state index contributed by atoms with van der Waals surface area (Å²) in [5.41, 5.74) is 11.4. The standard InChI is InChI=1S/C13H9N5O4S/c14-5-9-11(15)8-4-6-3-7(18(19)20)1-2-10(6)23(21,22)13(8)17-12(9)16/h1-3H,4H2,(H4,15,16,17). The third-order valence-corrected chi connectivity index (χ3v) is 5.43. The van der Waals surface area contributed by atoms with Gasteiger partial charge >= 0.3 is 0 Å². The molecule has 0 amide bonds. The van der Waals surface area contributed by atoms with Crippen LogP contribution in [0.1, 0.15) is 16.7 Å². The van der Waals surface area contributed by atoms with Crippen LogP contribution in [0.25, 0.3) is 0 Å². The molecule has 2 heterocycles. The molecule has 0 saturated heterocycles. The Morgan fingerprint density at radius 1 is 1.35 bits per heavy atom. The zero-order valence-electron chi connectivity index (χ0n) is 11.5. The van der Waals surface area contributed by atoms with Gasteiger partial charge in [-0.1, -0.05) is 0 Å². The van der Waals surface area contributed by atoms with Crippen LogP contribution < -0.4 is 11.5 Å². The topological polar surface area (TPSA) is 166 Å². The second-order valence-corrected chi connectivity index (χ2v) is 6.74. The maximum atomic E-state index is 12.7. The van der Waals surface area contributed by atoms with Crippen molar-refractivity contribution in [1.29, 1.82) is 5.26 Å². The Kier molecular flexibility index (Phi) is 2.98. The fraction of sp³-hybridized carbons (Fsp3) is 0.0769. The van der Waals surface area contributed by atoms with Gasteiger partial charge < -0.3 is 11.5 Å². The summed E-state index contributed by atoms with van der Waals surface area (Å²) in [6.45, 7) is 0. The first kappa shape index (κ1) is 14.7. The molecule has 2 aromatic rings. The van der Waals surface area contributed by atoms with E-state index in [1.807, 2.05) is 0 Å². The normalized spacial score (nSPS) is 14.4. The Bertz CT molecular complexity index is 1020. The first-order chi connectivity index (χ1) is 10.8. The second kappa shape index (κ2) is 4.65. The SMILES string of the molecule is N#Cc1c(N)nc2c(c1N)Cc1cc([N+](=O)[O-])ccc1S2(=O)=O. The fourth-order valence-corrected chi connectivity index (χ4v) is 4.18. The highest BCUT2D eigenvalue weighted by molar-refractivity contribution is 7.91. The average molecular weight is 331 g/mol. The van der Waals surface area contributed by atoms with Crippen LogP contribution in [0, 0.1) is 21.4 Å². The molecule has 0 spiro atoms. The van der Waals surface area contributed by atoms with E-state index in [9.17, 15) is 18.5 Å².